The molecule has 0 radical (unpaired) electrons. The molecular formula is C23H31N3O3. The highest BCUT2D eigenvalue weighted by Gasteiger charge is 2.28. The average molecular weight is 398 g/mol. The van der Waals surface area contributed by atoms with Crippen LogP contribution in [0.2, 0.25) is 0 Å². The number of carbonyl (C=O) groups excluding carboxylic acids is 1. The van der Waals surface area contributed by atoms with Crippen LogP contribution >= 0.6 is 0 Å². The summed E-state index contributed by atoms with van der Waals surface area (Å²) >= 11 is 0. The number of benzene rings is 2. The van der Waals surface area contributed by atoms with Crippen molar-refractivity contribution in [1.82, 2.24) is 9.80 Å². The molecule has 29 heavy (non-hydrogen) atoms. The van der Waals surface area contributed by atoms with Crippen LogP contribution in [0.15, 0.2) is 48.5 Å². The Morgan fingerprint density at radius 3 is 2.66 bits per heavy atom. The smallest absolute Gasteiger partial charge is 0.238 e. The van der Waals surface area contributed by atoms with Crippen LogP contribution in [0.25, 0.3) is 0 Å². The number of hydrogen-bond donors (Lipinski definition) is 1. The molecule has 1 fully saturated rings. The van der Waals surface area contributed by atoms with Gasteiger partial charge in [-0.1, -0.05) is 37.3 Å². The standard InChI is InChI=1S/C23H31N3O3/c1-4-26(19-12-13-25(16-19)15-18-8-6-5-7-9-18)17-23(27)24-21-14-20(28-2)10-11-22(21)29-3/h5-11,14,19H,4,12-13,15-17H2,1-3H3,(H,24,27). The summed E-state index contributed by atoms with van der Waals surface area (Å²) in [7, 11) is 3.20. The van der Waals surface area contributed by atoms with Gasteiger partial charge in [0.1, 0.15) is 11.5 Å². The number of nitrogens with zero attached hydrogens (tertiary/aromatic N) is 2. The fraction of sp³-hybridized carbons (Fsp3) is 0.435. The lowest BCUT2D eigenvalue weighted by Gasteiger charge is -2.27. The van der Waals surface area contributed by atoms with Crippen molar-refractivity contribution in [3.8, 4) is 11.5 Å². The molecule has 1 atom stereocenters. The largest absolute Gasteiger partial charge is 0.497 e. The number of nitrogens with one attached hydrogen (secondary N) is 1. The van der Waals surface area contributed by atoms with E-state index in [0.29, 0.717) is 29.8 Å². The SMILES string of the molecule is CCN(CC(=O)Nc1cc(OC)ccc1OC)C1CCN(Cc2ccccc2)C1. The molecule has 2 aromatic carbocycles. The van der Waals surface area contributed by atoms with Crippen LogP contribution in [0, 0.1) is 0 Å². The summed E-state index contributed by atoms with van der Waals surface area (Å²) < 4.78 is 10.6. The number of methoxy groups -OCH3 is 2. The Hall–Kier alpha value is -2.57. The maximum absolute atomic E-state index is 12.7. The Morgan fingerprint density at radius 1 is 1.17 bits per heavy atom. The van der Waals surface area contributed by atoms with Gasteiger partial charge >= 0.3 is 0 Å². The van der Waals surface area contributed by atoms with Gasteiger partial charge in [0.2, 0.25) is 5.91 Å². The molecule has 3 rings (SSSR count). The number of anilines is 1. The highest BCUT2D eigenvalue weighted by Crippen LogP contribution is 2.29. The number of rotatable bonds is 9. The number of amides is 1. The van der Waals surface area contributed by atoms with E-state index in [1.165, 1.54) is 5.56 Å². The number of likely N-dealkylation sites (tertiary alicyclic amines) is 1. The average Bonchev–Trinajstić information content (AvgIpc) is 3.20. The monoisotopic (exact) mass is 397 g/mol. The molecule has 2 aromatic rings. The van der Waals surface area contributed by atoms with Crippen molar-refractivity contribution in [2.75, 3.05) is 45.7 Å². The third-order valence-corrected chi connectivity index (χ3v) is 5.45. The fourth-order valence-corrected chi connectivity index (χ4v) is 3.88. The molecule has 1 N–H and O–H groups in total. The zero-order valence-corrected chi connectivity index (χ0v) is 17.6. The summed E-state index contributed by atoms with van der Waals surface area (Å²) in [6, 6.07) is 16.3. The van der Waals surface area contributed by atoms with Gasteiger partial charge in [0.25, 0.3) is 0 Å². The van der Waals surface area contributed by atoms with Crippen LogP contribution in [-0.4, -0.2) is 62.1 Å². The normalized spacial score (nSPS) is 16.8. The molecule has 1 unspecified atom stereocenters. The second kappa shape index (κ2) is 10.3. The molecule has 156 valence electrons. The molecule has 0 spiro atoms. The van der Waals surface area contributed by atoms with E-state index in [-0.39, 0.29) is 5.91 Å². The number of ether oxygens (including phenoxy) is 2. The van der Waals surface area contributed by atoms with Crippen LogP contribution in [0.4, 0.5) is 5.69 Å². The molecule has 6 nitrogen and oxygen atoms in total. The highest BCUT2D eigenvalue weighted by molar-refractivity contribution is 5.94. The van der Waals surface area contributed by atoms with Crippen molar-refractivity contribution >= 4 is 11.6 Å². The van der Waals surface area contributed by atoms with E-state index in [4.69, 9.17) is 9.47 Å². The highest BCUT2D eigenvalue weighted by atomic mass is 16.5. The minimum Gasteiger partial charge on any atom is -0.497 e. The van der Waals surface area contributed by atoms with Gasteiger partial charge in [-0.15, -0.1) is 0 Å². The zero-order valence-electron chi connectivity index (χ0n) is 17.6. The molecule has 0 saturated carbocycles. The minimum atomic E-state index is -0.0417. The minimum absolute atomic E-state index is 0.0417. The molecule has 6 heteroatoms. The number of carbonyl (C=O) groups is 1. The van der Waals surface area contributed by atoms with Crippen molar-refractivity contribution < 1.29 is 14.3 Å². The Balaban J connectivity index is 1.56. The van der Waals surface area contributed by atoms with E-state index in [1.54, 1.807) is 26.4 Å². The van der Waals surface area contributed by atoms with Crippen LogP contribution in [-0.2, 0) is 11.3 Å². The van der Waals surface area contributed by atoms with Gasteiger partial charge in [0.15, 0.2) is 0 Å². The molecule has 0 aliphatic carbocycles. The second-order valence-electron chi connectivity index (χ2n) is 7.34. The summed E-state index contributed by atoms with van der Waals surface area (Å²) in [6.07, 6.45) is 1.08. The lowest BCUT2D eigenvalue weighted by atomic mass is 10.2. The van der Waals surface area contributed by atoms with Crippen molar-refractivity contribution in [2.24, 2.45) is 0 Å². The van der Waals surface area contributed by atoms with Crippen molar-refractivity contribution in [2.45, 2.75) is 25.9 Å². The molecule has 1 saturated heterocycles. The quantitative estimate of drug-likeness (QED) is 0.704. The van der Waals surface area contributed by atoms with Gasteiger partial charge < -0.3 is 14.8 Å². The Morgan fingerprint density at radius 2 is 1.97 bits per heavy atom. The first-order valence-corrected chi connectivity index (χ1v) is 10.1. The van der Waals surface area contributed by atoms with Crippen molar-refractivity contribution in [3.63, 3.8) is 0 Å². The number of hydrogen-bond acceptors (Lipinski definition) is 5. The molecular weight excluding hydrogens is 366 g/mol. The van der Waals surface area contributed by atoms with E-state index in [0.717, 1.165) is 32.6 Å². The molecule has 1 heterocycles. The first-order valence-electron chi connectivity index (χ1n) is 10.1. The summed E-state index contributed by atoms with van der Waals surface area (Å²) in [5.74, 6) is 1.26. The zero-order chi connectivity index (χ0) is 20.6. The van der Waals surface area contributed by atoms with Gasteiger partial charge in [0, 0.05) is 31.7 Å². The van der Waals surface area contributed by atoms with Crippen LogP contribution in [0.3, 0.4) is 0 Å². The predicted molar refractivity (Wildman–Crippen MR) is 116 cm³/mol. The van der Waals surface area contributed by atoms with E-state index in [2.05, 4.69) is 46.3 Å². The predicted octanol–water partition coefficient (Wildman–Crippen LogP) is 3.24. The van der Waals surface area contributed by atoms with Gasteiger partial charge in [-0.05, 0) is 30.7 Å². The van der Waals surface area contributed by atoms with Crippen LogP contribution in [0.5, 0.6) is 11.5 Å². The maximum Gasteiger partial charge on any atom is 0.238 e. The summed E-state index contributed by atoms with van der Waals surface area (Å²) in [5.41, 5.74) is 1.96. The van der Waals surface area contributed by atoms with Gasteiger partial charge in [-0.25, -0.2) is 0 Å². The van der Waals surface area contributed by atoms with E-state index >= 15 is 0 Å². The topological polar surface area (TPSA) is 54.0 Å². The van der Waals surface area contributed by atoms with Gasteiger partial charge in [-0.2, -0.15) is 0 Å². The second-order valence-corrected chi connectivity index (χ2v) is 7.34. The lowest BCUT2D eigenvalue weighted by molar-refractivity contribution is -0.117. The summed E-state index contributed by atoms with van der Waals surface area (Å²) in [5, 5.41) is 2.98. The van der Waals surface area contributed by atoms with E-state index in [1.807, 2.05) is 12.1 Å². The molecule has 1 aliphatic rings. The summed E-state index contributed by atoms with van der Waals surface area (Å²) in [4.78, 5) is 17.4. The Labute approximate surface area is 173 Å². The molecule has 0 aromatic heterocycles. The van der Waals surface area contributed by atoms with Gasteiger partial charge in [0.05, 0.1) is 26.5 Å². The lowest BCUT2D eigenvalue weighted by Crippen LogP contribution is -2.42. The van der Waals surface area contributed by atoms with E-state index < -0.39 is 0 Å². The van der Waals surface area contributed by atoms with Crippen molar-refractivity contribution in [3.05, 3.63) is 54.1 Å². The van der Waals surface area contributed by atoms with Crippen LogP contribution in [0.1, 0.15) is 18.9 Å². The fourth-order valence-electron chi connectivity index (χ4n) is 3.88. The first-order chi connectivity index (χ1) is 14.1. The number of likely N-dealkylation sites (N-methyl/N-ethyl adjacent to an activating group) is 1. The first kappa shape index (κ1) is 21.1. The summed E-state index contributed by atoms with van der Waals surface area (Å²) in [6.45, 7) is 6.31. The van der Waals surface area contributed by atoms with E-state index in [9.17, 15) is 4.79 Å². The molecule has 1 aliphatic heterocycles. The van der Waals surface area contributed by atoms with Gasteiger partial charge in [-0.3, -0.25) is 14.6 Å². The third kappa shape index (κ3) is 5.71. The molecule has 1 amide bonds. The van der Waals surface area contributed by atoms with Crippen LogP contribution < -0.4 is 14.8 Å². The Kier molecular flexibility index (Phi) is 7.49. The molecule has 0 bridgehead atoms. The maximum atomic E-state index is 12.7. The van der Waals surface area contributed by atoms with Crippen molar-refractivity contribution in [1.29, 1.82) is 0 Å². The Bertz CT molecular complexity index is 797. The third-order valence-electron chi connectivity index (χ3n) is 5.45.